The maximum Gasteiger partial charge on any atom is 0.266 e. The summed E-state index contributed by atoms with van der Waals surface area (Å²) in [4.78, 5) is 25.6. The molecule has 0 radical (unpaired) electrons. The van der Waals surface area contributed by atoms with Gasteiger partial charge in [0, 0.05) is 6.08 Å². The second-order valence-corrected chi connectivity index (χ2v) is 4.76. The van der Waals surface area contributed by atoms with Gasteiger partial charge in [0.1, 0.15) is 0 Å². The summed E-state index contributed by atoms with van der Waals surface area (Å²) in [7, 11) is 0. The molecule has 1 heterocycles. The van der Waals surface area contributed by atoms with Gasteiger partial charge in [-0.15, -0.1) is 0 Å². The van der Waals surface area contributed by atoms with Gasteiger partial charge in [0.2, 0.25) is 0 Å². The molecule has 0 unspecified atom stereocenters. The third-order valence-corrected chi connectivity index (χ3v) is 3.42. The van der Waals surface area contributed by atoms with E-state index in [-0.39, 0.29) is 11.8 Å². The molecular formula is C16H10ClNO2. The molecule has 0 saturated carbocycles. The van der Waals surface area contributed by atoms with E-state index in [0.717, 1.165) is 10.5 Å². The Hall–Kier alpha value is -2.39. The predicted octanol–water partition coefficient (Wildman–Crippen LogP) is 3.30. The normalized spacial score (nSPS) is 14.7. The van der Waals surface area contributed by atoms with Crippen molar-refractivity contribution < 1.29 is 9.59 Å². The number of halogens is 1. The van der Waals surface area contributed by atoms with Crippen LogP contribution in [0, 0.1) is 0 Å². The molecule has 20 heavy (non-hydrogen) atoms. The van der Waals surface area contributed by atoms with E-state index in [1.54, 1.807) is 36.4 Å². The van der Waals surface area contributed by atoms with Gasteiger partial charge < -0.3 is 0 Å². The highest BCUT2D eigenvalue weighted by atomic mass is 35.5. The van der Waals surface area contributed by atoms with Gasteiger partial charge in [0.15, 0.2) is 0 Å². The van der Waals surface area contributed by atoms with Gasteiger partial charge in [-0.25, -0.2) is 4.90 Å². The van der Waals surface area contributed by atoms with E-state index in [4.69, 9.17) is 11.6 Å². The minimum absolute atomic E-state index is 0.352. The third kappa shape index (κ3) is 2.02. The lowest BCUT2D eigenvalue weighted by molar-refractivity contribution is -0.119. The smallest absolute Gasteiger partial charge is 0.266 e. The highest BCUT2D eigenvalue weighted by Crippen LogP contribution is 2.32. The Balaban J connectivity index is 2.02. The second-order valence-electron chi connectivity index (χ2n) is 4.35. The molecule has 3 rings (SSSR count). The van der Waals surface area contributed by atoms with Crippen LogP contribution in [0.1, 0.15) is 5.56 Å². The fourth-order valence-electron chi connectivity index (χ4n) is 2.16. The van der Waals surface area contributed by atoms with Gasteiger partial charge in [-0.2, -0.15) is 0 Å². The van der Waals surface area contributed by atoms with Gasteiger partial charge in [-0.1, -0.05) is 54.1 Å². The second kappa shape index (κ2) is 4.94. The Morgan fingerprint density at radius 2 is 1.50 bits per heavy atom. The largest absolute Gasteiger partial charge is 0.269 e. The topological polar surface area (TPSA) is 37.4 Å². The first-order chi connectivity index (χ1) is 9.68. The Bertz CT molecular complexity index is 722. The summed E-state index contributed by atoms with van der Waals surface area (Å²) in [5, 5.41) is 0.372. The van der Waals surface area contributed by atoms with Crippen LogP contribution in [-0.2, 0) is 9.59 Å². The monoisotopic (exact) mass is 283 g/mol. The first-order valence-corrected chi connectivity index (χ1v) is 6.46. The third-order valence-electron chi connectivity index (χ3n) is 3.10. The first kappa shape index (κ1) is 12.6. The molecule has 0 saturated heterocycles. The van der Waals surface area contributed by atoms with Crippen LogP contribution >= 0.6 is 11.6 Å². The number of anilines is 1. The number of carbonyl (C=O) groups is 2. The van der Waals surface area contributed by atoms with E-state index in [9.17, 15) is 9.59 Å². The molecule has 1 aliphatic heterocycles. The molecule has 98 valence electrons. The number of hydrogen-bond donors (Lipinski definition) is 0. The average molecular weight is 284 g/mol. The van der Waals surface area contributed by atoms with Gasteiger partial charge in [0.25, 0.3) is 11.8 Å². The van der Waals surface area contributed by atoms with Gasteiger partial charge in [0.05, 0.1) is 16.3 Å². The maximum absolute atomic E-state index is 12.4. The molecule has 2 amide bonds. The number of amides is 2. The highest BCUT2D eigenvalue weighted by molar-refractivity contribution is 6.45. The summed E-state index contributed by atoms with van der Waals surface area (Å²) in [6, 6.07) is 15.9. The molecule has 0 aliphatic carbocycles. The summed E-state index contributed by atoms with van der Waals surface area (Å²) in [6.45, 7) is 0. The average Bonchev–Trinajstić information content (AvgIpc) is 2.76. The molecule has 2 aromatic carbocycles. The summed E-state index contributed by atoms with van der Waals surface area (Å²) in [5.41, 5.74) is 1.52. The van der Waals surface area contributed by atoms with E-state index < -0.39 is 0 Å². The lowest BCUT2D eigenvalue weighted by atomic mass is 10.1. The fourth-order valence-corrected chi connectivity index (χ4v) is 2.38. The zero-order valence-corrected chi connectivity index (χ0v) is 11.2. The minimum Gasteiger partial charge on any atom is -0.269 e. The van der Waals surface area contributed by atoms with Crippen molar-refractivity contribution in [1.29, 1.82) is 0 Å². The van der Waals surface area contributed by atoms with Crippen molar-refractivity contribution in [2.24, 2.45) is 0 Å². The number of hydrogen-bond acceptors (Lipinski definition) is 2. The van der Waals surface area contributed by atoms with Crippen LogP contribution in [0.5, 0.6) is 0 Å². The molecule has 0 N–H and O–H groups in total. The van der Waals surface area contributed by atoms with Crippen LogP contribution in [0.2, 0.25) is 5.02 Å². The van der Waals surface area contributed by atoms with Crippen molar-refractivity contribution in [3.63, 3.8) is 0 Å². The predicted molar refractivity (Wildman–Crippen MR) is 78.4 cm³/mol. The summed E-state index contributed by atoms with van der Waals surface area (Å²) >= 11 is 6.06. The van der Waals surface area contributed by atoms with E-state index in [2.05, 4.69) is 0 Å². The molecule has 3 nitrogen and oxygen atoms in total. The van der Waals surface area contributed by atoms with E-state index in [0.29, 0.717) is 16.3 Å². The van der Waals surface area contributed by atoms with Crippen molar-refractivity contribution in [3.05, 3.63) is 71.3 Å². The Kier molecular flexibility index (Phi) is 3.12. The van der Waals surface area contributed by atoms with Crippen molar-refractivity contribution in [2.75, 3.05) is 4.90 Å². The lowest BCUT2D eigenvalue weighted by Crippen LogP contribution is -2.30. The van der Waals surface area contributed by atoms with Crippen LogP contribution in [0.15, 0.2) is 60.7 Å². The molecule has 0 bridgehead atoms. The quantitative estimate of drug-likeness (QED) is 0.793. The molecule has 0 fully saturated rings. The van der Waals surface area contributed by atoms with Crippen LogP contribution in [-0.4, -0.2) is 11.8 Å². The van der Waals surface area contributed by atoms with E-state index in [1.165, 1.54) is 6.08 Å². The number of benzene rings is 2. The molecule has 2 aromatic rings. The highest BCUT2D eigenvalue weighted by Gasteiger charge is 2.33. The molecule has 0 spiro atoms. The number of carbonyl (C=O) groups excluding carboxylic acids is 2. The van der Waals surface area contributed by atoms with Crippen molar-refractivity contribution in [1.82, 2.24) is 0 Å². The molecule has 0 aromatic heterocycles. The Morgan fingerprint density at radius 1 is 0.850 bits per heavy atom. The first-order valence-electron chi connectivity index (χ1n) is 6.08. The molecule has 4 heteroatoms. The zero-order chi connectivity index (χ0) is 14.1. The van der Waals surface area contributed by atoms with Crippen LogP contribution in [0.25, 0.3) is 5.57 Å². The van der Waals surface area contributed by atoms with Crippen LogP contribution in [0.3, 0.4) is 0 Å². The summed E-state index contributed by atoms with van der Waals surface area (Å²) in [5.74, 6) is -0.726. The zero-order valence-electron chi connectivity index (χ0n) is 10.4. The lowest BCUT2D eigenvalue weighted by Gasteiger charge is -2.16. The number of para-hydroxylation sites is 1. The number of rotatable bonds is 2. The van der Waals surface area contributed by atoms with Crippen LogP contribution in [0.4, 0.5) is 5.69 Å². The van der Waals surface area contributed by atoms with Crippen molar-refractivity contribution in [2.45, 2.75) is 0 Å². The van der Waals surface area contributed by atoms with Crippen molar-refractivity contribution >= 4 is 34.7 Å². The molecule has 1 aliphatic rings. The fraction of sp³-hybridized carbons (Fsp3) is 0. The molecular weight excluding hydrogens is 274 g/mol. The van der Waals surface area contributed by atoms with Crippen LogP contribution < -0.4 is 4.90 Å². The Labute approximate surface area is 121 Å². The SMILES string of the molecule is O=C1C=C(c2ccccc2)C(=O)N1c1ccccc1Cl. The summed E-state index contributed by atoms with van der Waals surface area (Å²) < 4.78 is 0. The number of imide groups is 1. The van der Waals surface area contributed by atoms with Gasteiger partial charge in [-0.05, 0) is 17.7 Å². The number of nitrogens with zero attached hydrogens (tertiary/aromatic N) is 1. The van der Waals surface area contributed by atoms with E-state index >= 15 is 0 Å². The standard InChI is InChI=1S/C16H10ClNO2/c17-13-8-4-5-9-14(13)18-15(19)10-12(16(18)20)11-6-2-1-3-7-11/h1-10H. The minimum atomic E-state index is -0.373. The van der Waals surface area contributed by atoms with Gasteiger partial charge in [-0.3, -0.25) is 9.59 Å². The van der Waals surface area contributed by atoms with Gasteiger partial charge >= 0.3 is 0 Å². The summed E-state index contributed by atoms with van der Waals surface area (Å²) in [6.07, 6.45) is 1.35. The van der Waals surface area contributed by atoms with E-state index in [1.807, 2.05) is 18.2 Å². The Morgan fingerprint density at radius 3 is 2.20 bits per heavy atom. The maximum atomic E-state index is 12.4. The molecule has 0 atom stereocenters. The van der Waals surface area contributed by atoms with Crippen molar-refractivity contribution in [3.8, 4) is 0 Å².